The van der Waals surface area contributed by atoms with Crippen molar-refractivity contribution in [3.8, 4) is 23.0 Å². The molecule has 2 N–H and O–H groups in total. The molecular weight excluding hydrogens is 340 g/mol. The van der Waals surface area contributed by atoms with E-state index in [4.69, 9.17) is 9.47 Å². The molecular formula is C23H28O4. The fourth-order valence-electron chi connectivity index (χ4n) is 2.65. The molecule has 0 aliphatic heterocycles. The Labute approximate surface area is 161 Å². The second-order valence-corrected chi connectivity index (χ2v) is 6.61. The molecule has 4 heteroatoms. The zero-order valence-corrected chi connectivity index (χ0v) is 16.5. The van der Waals surface area contributed by atoms with Gasteiger partial charge in [0.2, 0.25) is 0 Å². The quantitative estimate of drug-likeness (QED) is 0.472. The van der Waals surface area contributed by atoms with Crippen LogP contribution in [0.5, 0.6) is 23.0 Å². The number of phenolic OH excluding ortho intramolecular Hbond substituents is 2. The minimum Gasteiger partial charge on any atom is -0.508 e. The number of hydrogen-bond acceptors (Lipinski definition) is 4. The fraction of sp³-hybridized carbons (Fsp3) is 0.304. The van der Waals surface area contributed by atoms with Gasteiger partial charge in [0, 0.05) is 11.6 Å². The number of ether oxygens (including phenoxy) is 2. The Morgan fingerprint density at radius 2 is 1.81 bits per heavy atom. The van der Waals surface area contributed by atoms with Crippen LogP contribution in [0.15, 0.2) is 42.0 Å². The van der Waals surface area contributed by atoms with E-state index in [0.29, 0.717) is 18.1 Å². The van der Waals surface area contributed by atoms with Gasteiger partial charge >= 0.3 is 0 Å². The third kappa shape index (κ3) is 5.81. The molecule has 0 bridgehead atoms. The fourth-order valence-corrected chi connectivity index (χ4v) is 2.65. The molecule has 0 atom stereocenters. The summed E-state index contributed by atoms with van der Waals surface area (Å²) in [5.41, 5.74) is 4.04. The summed E-state index contributed by atoms with van der Waals surface area (Å²) in [5, 5.41) is 19.9. The highest BCUT2D eigenvalue weighted by molar-refractivity contribution is 5.74. The maximum atomic E-state index is 10.1. The van der Waals surface area contributed by atoms with Crippen LogP contribution in [0, 0.1) is 0 Å². The molecule has 0 unspecified atom stereocenters. The molecule has 0 aromatic heterocycles. The van der Waals surface area contributed by atoms with Gasteiger partial charge in [0.15, 0.2) is 11.5 Å². The summed E-state index contributed by atoms with van der Waals surface area (Å²) in [5.74, 6) is 1.40. The van der Waals surface area contributed by atoms with Crippen LogP contribution in [0.2, 0.25) is 0 Å². The molecule has 0 heterocycles. The SMILES string of the molecule is CCCOc1cc(O)cc(/C=C/c2ccc(O)c(OC)c2)c1CC=C(C)C. The topological polar surface area (TPSA) is 58.9 Å². The number of aromatic hydroxyl groups is 2. The van der Waals surface area contributed by atoms with E-state index in [-0.39, 0.29) is 11.5 Å². The third-order valence-corrected chi connectivity index (χ3v) is 4.06. The molecule has 0 fully saturated rings. The molecule has 4 nitrogen and oxygen atoms in total. The molecule has 27 heavy (non-hydrogen) atoms. The molecule has 2 rings (SSSR count). The van der Waals surface area contributed by atoms with Crippen molar-refractivity contribution < 1.29 is 19.7 Å². The van der Waals surface area contributed by atoms with Crippen molar-refractivity contribution in [3.05, 3.63) is 58.7 Å². The molecule has 2 aromatic carbocycles. The zero-order valence-electron chi connectivity index (χ0n) is 16.5. The van der Waals surface area contributed by atoms with Gasteiger partial charge in [0.1, 0.15) is 11.5 Å². The van der Waals surface area contributed by atoms with Crippen LogP contribution in [0.1, 0.15) is 43.9 Å². The van der Waals surface area contributed by atoms with E-state index in [2.05, 4.69) is 26.8 Å². The number of benzene rings is 2. The largest absolute Gasteiger partial charge is 0.508 e. The van der Waals surface area contributed by atoms with Crippen LogP contribution in [0.4, 0.5) is 0 Å². The van der Waals surface area contributed by atoms with E-state index in [1.165, 1.54) is 12.7 Å². The first-order chi connectivity index (χ1) is 12.9. The van der Waals surface area contributed by atoms with E-state index in [1.807, 2.05) is 12.2 Å². The normalized spacial score (nSPS) is 10.8. The number of methoxy groups -OCH3 is 1. The number of allylic oxidation sites excluding steroid dienone is 2. The first-order valence-corrected chi connectivity index (χ1v) is 9.11. The summed E-state index contributed by atoms with van der Waals surface area (Å²) < 4.78 is 11.0. The van der Waals surface area contributed by atoms with Gasteiger partial charge in [-0.2, -0.15) is 0 Å². The average Bonchev–Trinajstić information content (AvgIpc) is 2.64. The van der Waals surface area contributed by atoms with Gasteiger partial charge in [0.25, 0.3) is 0 Å². The van der Waals surface area contributed by atoms with Crippen molar-refractivity contribution >= 4 is 12.2 Å². The van der Waals surface area contributed by atoms with Crippen LogP contribution in [0.3, 0.4) is 0 Å². The minimum absolute atomic E-state index is 0.103. The highest BCUT2D eigenvalue weighted by Gasteiger charge is 2.10. The highest BCUT2D eigenvalue weighted by Crippen LogP contribution is 2.32. The Balaban J connectivity index is 2.43. The molecule has 0 aliphatic rings. The van der Waals surface area contributed by atoms with E-state index >= 15 is 0 Å². The van der Waals surface area contributed by atoms with Crippen molar-refractivity contribution in [3.63, 3.8) is 0 Å². The smallest absolute Gasteiger partial charge is 0.161 e. The lowest BCUT2D eigenvalue weighted by molar-refractivity contribution is 0.312. The van der Waals surface area contributed by atoms with Crippen LogP contribution in [-0.4, -0.2) is 23.9 Å². The van der Waals surface area contributed by atoms with E-state index in [9.17, 15) is 10.2 Å². The summed E-state index contributed by atoms with van der Waals surface area (Å²) in [7, 11) is 1.52. The maximum absolute atomic E-state index is 10.1. The van der Waals surface area contributed by atoms with Crippen LogP contribution in [0.25, 0.3) is 12.2 Å². The predicted octanol–water partition coefficient (Wildman–Crippen LogP) is 5.57. The predicted molar refractivity (Wildman–Crippen MR) is 111 cm³/mol. The first kappa shape index (κ1) is 20.4. The molecule has 0 saturated heterocycles. The van der Waals surface area contributed by atoms with Crippen LogP contribution >= 0.6 is 0 Å². The van der Waals surface area contributed by atoms with Crippen molar-refractivity contribution in [2.24, 2.45) is 0 Å². The third-order valence-electron chi connectivity index (χ3n) is 4.06. The standard InChI is InChI=1S/C23H28O4/c1-5-12-27-22-15-19(24)14-18(20(22)10-6-16(2)3)9-7-17-8-11-21(25)23(13-17)26-4/h6-9,11,13-15,24-25H,5,10,12H2,1-4H3/b9-7+. The van der Waals surface area contributed by atoms with Gasteiger partial charge < -0.3 is 19.7 Å². The van der Waals surface area contributed by atoms with Crippen molar-refractivity contribution in [1.29, 1.82) is 0 Å². The second kappa shape index (κ2) is 9.72. The number of rotatable bonds is 8. The van der Waals surface area contributed by atoms with Gasteiger partial charge in [-0.1, -0.05) is 36.8 Å². The van der Waals surface area contributed by atoms with Crippen LogP contribution in [-0.2, 0) is 6.42 Å². The van der Waals surface area contributed by atoms with Crippen molar-refractivity contribution in [2.75, 3.05) is 13.7 Å². The summed E-state index contributed by atoms with van der Waals surface area (Å²) in [6.07, 6.45) is 7.63. The van der Waals surface area contributed by atoms with Gasteiger partial charge in [-0.25, -0.2) is 0 Å². The summed E-state index contributed by atoms with van der Waals surface area (Å²) in [6.45, 7) is 6.78. The lowest BCUT2D eigenvalue weighted by atomic mass is 10.00. The maximum Gasteiger partial charge on any atom is 0.161 e. The summed E-state index contributed by atoms with van der Waals surface area (Å²) in [6, 6.07) is 8.58. The Morgan fingerprint density at radius 3 is 2.48 bits per heavy atom. The summed E-state index contributed by atoms with van der Waals surface area (Å²) in [4.78, 5) is 0. The van der Waals surface area contributed by atoms with Gasteiger partial charge in [-0.15, -0.1) is 0 Å². The molecule has 0 spiro atoms. The Morgan fingerprint density at radius 1 is 1.04 bits per heavy atom. The highest BCUT2D eigenvalue weighted by atomic mass is 16.5. The zero-order chi connectivity index (χ0) is 19.8. The van der Waals surface area contributed by atoms with Crippen LogP contribution < -0.4 is 9.47 Å². The molecule has 0 saturated carbocycles. The average molecular weight is 368 g/mol. The first-order valence-electron chi connectivity index (χ1n) is 9.11. The Kier molecular flexibility index (Phi) is 7.35. The summed E-state index contributed by atoms with van der Waals surface area (Å²) >= 11 is 0. The number of hydrogen-bond donors (Lipinski definition) is 2. The molecule has 0 aliphatic carbocycles. The minimum atomic E-state index is 0.103. The van der Waals surface area contributed by atoms with Gasteiger partial charge in [0.05, 0.1) is 13.7 Å². The van der Waals surface area contributed by atoms with E-state index in [1.54, 1.807) is 30.3 Å². The van der Waals surface area contributed by atoms with Crippen molar-refractivity contribution in [2.45, 2.75) is 33.6 Å². The van der Waals surface area contributed by atoms with Crippen molar-refractivity contribution in [1.82, 2.24) is 0 Å². The lowest BCUT2D eigenvalue weighted by Crippen LogP contribution is -2.00. The number of phenols is 2. The molecule has 0 amide bonds. The van der Waals surface area contributed by atoms with Gasteiger partial charge in [-0.05, 0) is 56.0 Å². The monoisotopic (exact) mass is 368 g/mol. The Bertz CT molecular complexity index is 831. The molecule has 144 valence electrons. The molecule has 0 radical (unpaired) electrons. The second-order valence-electron chi connectivity index (χ2n) is 6.61. The van der Waals surface area contributed by atoms with Gasteiger partial charge in [-0.3, -0.25) is 0 Å². The van der Waals surface area contributed by atoms with E-state index in [0.717, 1.165) is 29.5 Å². The van der Waals surface area contributed by atoms with E-state index < -0.39 is 0 Å². The molecule has 2 aromatic rings. The Hall–Kier alpha value is -2.88. The lowest BCUT2D eigenvalue weighted by Gasteiger charge is -2.14.